The van der Waals surface area contributed by atoms with Crippen molar-refractivity contribution in [3.8, 4) is 22.3 Å². The predicted molar refractivity (Wildman–Crippen MR) is 117 cm³/mol. The van der Waals surface area contributed by atoms with Gasteiger partial charge < -0.3 is 0 Å². The van der Waals surface area contributed by atoms with Gasteiger partial charge in [-0.15, -0.1) is 11.3 Å². The van der Waals surface area contributed by atoms with Crippen LogP contribution in [0.2, 0.25) is 0 Å². The van der Waals surface area contributed by atoms with E-state index in [1.807, 2.05) is 60.7 Å². The van der Waals surface area contributed by atoms with Gasteiger partial charge in [-0.1, -0.05) is 66.7 Å². The van der Waals surface area contributed by atoms with E-state index in [-0.39, 0.29) is 10.6 Å². The second-order valence-electron chi connectivity index (χ2n) is 6.66. The molecule has 0 unspecified atom stereocenters. The average Bonchev–Trinajstić information content (AvgIpc) is 3.11. The fraction of sp³-hybridized carbons (Fsp3) is 0. The summed E-state index contributed by atoms with van der Waals surface area (Å²) in [6, 6.07) is 29.6. The fourth-order valence-electron chi connectivity index (χ4n) is 3.63. The summed E-state index contributed by atoms with van der Waals surface area (Å²) in [5.74, 6) is 0. The van der Waals surface area contributed by atoms with Gasteiger partial charge in [0.05, 0.1) is 10.5 Å². The first kappa shape index (κ1) is 16.7. The van der Waals surface area contributed by atoms with E-state index in [1.54, 1.807) is 17.4 Å². The summed E-state index contributed by atoms with van der Waals surface area (Å²) in [6.07, 6.45) is 0. The topological polar surface area (TPSA) is 43.1 Å². The Balaban J connectivity index is 1.66. The van der Waals surface area contributed by atoms with Crippen LogP contribution in [-0.2, 0) is 0 Å². The van der Waals surface area contributed by atoms with Crippen molar-refractivity contribution in [2.45, 2.75) is 0 Å². The molecule has 28 heavy (non-hydrogen) atoms. The number of nitro groups is 1. The van der Waals surface area contributed by atoms with Crippen molar-refractivity contribution in [1.82, 2.24) is 0 Å². The Labute approximate surface area is 165 Å². The van der Waals surface area contributed by atoms with Crippen LogP contribution in [0.3, 0.4) is 0 Å². The van der Waals surface area contributed by atoms with Gasteiger partial charge in [-0.25, -0.2) is 0 Å². The van der Waals surface area contributed by atoms with E-state index in [0.717, 1.165) is 16.7 Å². The maximum Gasteiger partial charge on any atom is 0.277 e. The van der Waals surface area contributed by atoms with E-state index in [0.29, 0.717) is 5.56 Å². The van der Waals surface area contributed by atoms with Crippen LogP contribution in [0.5, 0.6) is 0 Å². The Morgan fingerprint density at radius 2 is 1.32 bits per heavy atom. The van der Waals surface area contributed by atoms with Crippen molar-refractivity contribution >= 4 is 37.2 Å². The lowest BCUT2D eigenvalue weighted by molar-refractivity contribution is -0.384. The molecule has 0 bridgehead atoms. The molecule has 0 fully saturated rings. The van der Waals surface area contributed by atoms with Crippen LogP contribution >= 0.6 is 11.3 Å². The number of nitrogens with zero attached hydrogens (tertiary/aromatic N) is 1. The van der Waals surface area contributed by atoms with Crippen LogP contribution in [0.25, 0.3) is 42.4 Å². The molecule has 0 saturated carbocycles. The van der Waals surface area contributed by atoms with Crippen molar-refractivity contribution in [2.75, 3.05) is 0 Å². The number of fused-ring (bicyclic) bond motifs is 3. The highest BCUT2D eigenvalue weighted by atomic mass is 32.1. The van der Waals surface area contributed by atoms with Crippen LogP contribution in [0, 0.1) is 10.1 Å². The lowest BCUT2D eigenvalue weighted by Gasteiger charge is -2.07. The molecule has 4 aromatic carbocycles. The monoisotopic (exact) mass is 381 g/mol. The normalized spacial score (nSPS) is 11.1. The molecular weight excluding hydrogens is 366 g/mol. The first-order valence-electron chi connectivity index (χ1n) is 8.96. The Bertz CT molecular complexity index is 1340. The molecule has 5 aromatic rings. The van der Waals surface area contributed by atoms with Gasteiger partial charge in [-0.3, -0.25) is 10.1 Å². The molecule has 0 aliphatic carbocycles. The minimum absolute atomic E-state index is 0.125. The highest BCUT2D eigenvalue weighted by Gasteiger charge is 2.17. The molecule has 0 N–H and O–H groups in total. The highest BCUT2D eigenvalue weighted by Crippen LogP contribution is 2.38. The third kappa shape index (κ3) is 2.75. The standard InChI is InChI=1S/C24H15NO2S/c26-25(27)22-14-17(10-12-19(22)16-6-2-1-3-7-16)18-11-13-21-20-8-4-5-9-23(20)28-24(21)15-18/h1-15H. The summed E-state index contributed by atoms with van der Waals surface area (Å²) in [7, 11) is 0. The smallest absolute Gasteiger partial charge is 0.258 e. The van der Waals surface area contributed by atoms with E-state index >= 15 is 0 Å². The molecule has 0 atom stereocenters. The minimum atomic E-state index is -0.302. The largest absolute Gasteiger partial charge is 0.277 e. The predicted octanol–water partition coefficient (Wildman–Crippen LogP) is 7.30. The van der Waals surface area contributed by atoms with Crippen LogP contribution in [0.15, 0.2) is 91.0 Å². The molecule has 0 saturated heterocycles. The molecule has 0 amide bonds. The Hall–Kier alpha value is -3.50. The third-order valence-corrected chi connectivity index (χ3v) is 6.12. The van der Waals surface area contributed by atoms with E-state index in [2.05, 4.69) is 24.3 Å². The fourth-order valence-corrected chi connectivity index (χ4v) is 4.77. The molecule has 0 spiro atoms. The van der Waals surface area contributed by atoms with Gasteiger partial charge in [0.1, 0.15) is 0 Å². The van der Waals surface area contributed by atoms with Gasteiger partial charge in [-0.2, -0.15) is 0 Å². The number of hydrogen-bond acceptors (Lipinski definition) is 3. The molecule has 134 valence electrons. The van der Waals surface area contributed by atoms with E-state index in [9.17, 15) is 10.1 Å². The summed E-state index contributed by atoms with van der Waals surface area (Å²) in [5.41, 5.74) is 3.45. The number of hydrogen-bond donors (Lipinski definition) is 0. The van der Waals surface area contributed by atoms with E-state index < -0.39 is 0 Å². The molecule has 3 nitrogen and oxygen atoms in total. The first-order chi connectivity index (χ1) is 13.7. The number of nitro benzene ring substituents is 1. The van der Waals surface area contributed by atoms with Crippen molar-refractivity contribution in [3.63, 3.8) is 0 Å². The molecule has 1 aromatic heterocycles. The summed E-state index contributed by atoms with van der Waals surface area (Å²) in [5, 5.41) is 14.2. The molecule has 5 rings (SSSR count). The zero-order valence-corrected chi connectivity index (χ0v) is 15.6. The zero-order valence-electron chi connectivity index (χ0n) is 14.8. The van der Waals surface area contributed by atoms with Crippen LogP contribution < -0.4 is 0 Å². The third-order valence-electron chi connectivity index (χ3n) is 4.99. The van der Waals surface area contributed by atoms with Crippen molar-refractivity contribution < 1.29 is 4.92 Å². The molecular formula is C24H15NO2S. The summed E-state index contributed by atoms with van der Waals surface area (Å²) >= 11 is 1.75. The number of rotatable bonds is 3. The van der Waals surface area contributed by atoms with Crippen LogP contribution in [0.1, 0.15) is 0 Å². The van der Waals surface area contributed by atoms with E-state index in [1.165, 1.54) is 20.2 Å². The molecule has 0 aliphatic rings. The Morgan fingerprint density at radius 3 is 2.14 bits per heavy atom. The van der Waals surface area contributed by atoms with Gasteiger partial charge >= 0.3 is 0 Å². The zero-order chi connectivity index (χ0) is 19.1. The van der Waals surface area contributed by atoms with Crippen molar-refractivity contribution in [3.05, 3.63) is 101 Å². The van der Waals surface area contributed by atoms with Crippen molar-refractivity contribution in [1.29, 1.82) is 0 Å². The van der Waals surface area contributed by atoms with Crippen LogP contribution in [-0.4, -0.2) is 4.92 Å². The lowest BCUT2D eigenvalue weighted by Crippen LogP contribution is -1.93. The maximum absolute atomic E-state index is 11.7. The lowest BCUT2D eigenvalue weighted by atomic mass is 9.98. The SMILES string of the molecule is O=[N+]([O-])c1cc(-c2ccc3c(c2)sc2ccccc23)ccc1-c1ccccc1. The molecule has 0 radical (unpaired) electrons. The summed E-state index contributed by atoms with van der Waals surface area (Å²) in [6.45, 7) is 0. The first-order valence-corrected chi connectivity index (χ1v) is 9.78. The van der Waals surface area contributed by atoms with Gasteiger partial charge in [0.25, 0.3) is 5.69 Å². The Kier molecular flexibility index (Phi) is 3.92. The highest BCUT2D eigenvalue weighted by molar-refractivity contribution is 7.25. The quantitative estimate of drug-likeness (QED) is 0.243. The number of thiophene rings is 1. The van der Waals surface area contributed by atoms with Gasteiger partial charge in [-0.05, 0) is 34.9 Å². The molecule has 4 heteroatoms. The second-order valence-corrected chi connectivity index (χ2v) is 7.75. The van der Waals surface area contributed by atoms with Crippen LogP contribution in [0.4, 0.5) is 5.69 Å². The van der Waals surface area contributed by atoms with E-state index in [4.69, 9.17) is 0 Å². The average molecular weight is 381 g/mol. The molecule has 0 aliphatic heterocycles. The second kappa shape index (κ2) is 6.59. The molecule has 1 heterocycles. The number of benzene rings is 4. The summed E-state index contributed by atoms with van der Waals surface area (Å²) < 4.78 is 2.44. The summed E-state index contributed by atoms with van der Waals surface area (Å²) in [4.78, 5) is 11.4. The maximum atomic E-state index is 11.7. The van der Waals surface area contributed by atoms with Gasteiger partial charge in [0, 0.05) is 26.2 Å². The minimum Gasteiger partial charge on any atom is -0.258 e. The van der Waals surface area contributed by atoms with Gasteiger partial charge in [0.15, 0.2) is 0 Å². The Morgan fingerprint density at radius 1 is 0.643 bits per heavy atom. The van der Waals surface area contributed by atoms with Crippen molar-refractivity contribution in [2.24, 2.45) is 0 Å². The van der Waals surface area contributed by atoms with Gasteiger partial charge in [0.2, 0.25) is 0 Å².